The minimum absolute atomic E-state index is 0.325. The Morgan fingerprint density at radius 3 is 2.89 bits per heavy atom. The Balaban J connectivity index is 2.09. The number of aromatic nitrogens is 3. The quantitative estimate of drug-likeness (QED) is 0.871. The molecule has 0 saturated heterocycles. The van der Waals surface area contributed by atoms with Gasteiger partial charge in [0.05, 0.1) is 10.7 Å². The van der Waals surface area contributed by atoms with E-state index in [0.717, 1.165) is 30.1 Å². The molecular formula is C13H20N4S. The van der Waals surface area contributed by atoms with Gasteiger partial charge in [0, 0.05) is 36.8 Å². The fraction of sp³-hybridized carbons (Fsp3) is 0.538. The maximum Gasteiger partial charge on any atom is 0.0897 e. The van der Waals surface area contributed by atoms with Gasteiger partial charge < -0.3 is 5.32 Å². The lowest BCUT2D eigenvalue weighted by molar-refractivity contribution is 0.527. The zero-order valence-corrected chi connectivity index (χ0v) is 12.0. The Bertz CT molecular complexity index is 489. The fourth-order valence-electron chi connectivity index (χ4n) is 1.91. The summed E-state index contributed by atoms with van der Waals surface area (Å²) in [5, 5.41) is 9.15. The van der Waals surface area contributed by atoms with Crippen LogP contribution in [-0.4, -0.2) is 21.3 Å². The first-order chi connectivity index (χ1) is 8.69. The van der Waals surface area contributed by atoms with Crippen molar-refractivity contribution in [2.24, 2.45) is 7.05 Å². The monoisotopic (exact) mass is 264 g/mol. The van der Waals surface area contributed by atoms with Crippen molar-refractivity contribution in [3.05, 3.63) is 34.0 Å². The number of nitrogens with zero attached hydrogens (tertiary/aromatic N) is 3. The molecule has 0 fully saturated rings. The number of hydrogen-bond acceptors (Lipinski definition) is 4. The van der Waals surface area contributed by atoms with E-state index in [9.17, 15) is 0 Å². The van der Waals surface area contributed by atoms with Crippen molar-refractivity contribution in [2.75, 3.05) is 6.54 Å². The van der Waals surface area contributed by atoms with Crippen molar-refractivity contribution in [2.45, 2.75) is 32.7 Å². The number of hydrogen-bond donors (Lipinski definition) is 1. The molecule has 0 bridgehead atoms. The minimum atomic E-state index is 0.325. The summed E-state index contributed by atoms with van der Waals surface area (Å²) in [7, 11) is 1.95. The lowest BCUT2D eigenvalue weighted by atomic mass is 10.1. The van der Waals surface area contributed by atoms with Crippen molar-refractivity contribution in [1.82, 2.24) is 20.1 Å². The normalized spacial score (nSPS) is 12.8. The topological polar surface area (TPSA) is 42.7 Å². The highest BCUT2D eigenvalue weighted by atomic mass is 32.1. The molecule has 1 unspecified atom stereocenters. The van der Waals surface area contributed by atoms with Crippen LogP contribution >= 0.6 is 11.3 Å². The van der Waals surface area contributed by atoms with E-state index in [1.165, 1.54) is 4.88 Å². The summed E-state index contributed by atoms with van der Waals surface area (Å²) >= 11 is 1.76. The molecule has 0 spiro atoms. The van der Waals surface area contributed by atoms with E-state index >= 15 is 0 Å². The van der Waals surface area contributed by atoms with Gasteiger partial charge in [-0.25, -0.2) is 4.98 Å². The Kier molecular flexibility index (Phi) is 4.49. The van der Waals surface area contributed by atoms with Crippen LogP contribution in [0.2, 0.25) is 0 Å². The van der Waals surface area contributed by atoms with Crippen LogP contribution < -0.4 is 5.32 Å². The first-order valence-corrected chi connectivity index (χ1v) is 7.15. The van der Waals surface area contributed by atoms with E-state index in [1.807, 2.05) is 31.0 Å². The second-order valence-electron chi connectivity index (χ2n) is 4.47. The van der Waals surface area contributed by atoms with Gasteiger partial charge in [-0.2, -0.15) is 5.10 Å². The number of thiazole rings is 1. The minimum Gasteiger partial charge on any atom is -0.309 e. The first kappa shape index (κ1) is 13.2. The maximum absolute atomic E-state index is 4.45. The molecule has 2 heterocycles. The summed E-state index contributed by atoms with van der Waals surface area (Å²) in [5.74, 6) is 0. The van der Waals surface area contributed by atoms with Gasteiger partial charge >= 0.3 is 0 Å². The second-order valence-corrected chi connectivity index (χ2v) is 5.74. The Hall–Kier alpha value is -1.20. The average Bonchev–Trinajstić information content (AvgIpc) is 2.93. The third-order valence-corrected chi connectivity index (χ3v) is 3.83. The van der Waals surface area contributed by atoms with Gasteiger partial charge in [-0.1, -0.05) is 6.92 Å². The third-order valence-electron chi connectivity index (χ3n) is 2.81. The van der Waals surface area contributed by atoms with Gasteiger partial charge in [-0.3, -0.25) is 4.68 Å². The smallest absolute Gasteiger partial charge is 0.0897 e. The van der Waals surface area contributed by atoms with Gasteiger partial charge in [-0.05, 0) is 26.0 Å². The highest BCUT2D eigenvalue weighted by Crippen LogP contribution is 2.23. The Morgan fingerprint density at radius 2 is 2.33 bits per heavy atom. The zero-order chi connectivity index (χ0) is 13.0. The van der Waals surface area contributed by atoms with Gasteiger partial charge in [-0.15, -0.1) is 11.3 Å². The molecule has 0 radical (unpaired) electrons. The molecule has 0 saturated carbocycles. The van der Waals surface area contributed by atoms with E-state index in [-0.39, 0.29) is 0 Å². The molecule has 0 aliphatic rings. The van der Waals surface area contributed by atoms with E-state index < -0.39 is 0 Å². The zero-order valence-electron chi connectivity index (χ0n) is 11.2. The molecule has 5 heteroatoms. The van der Waals surface area contributed by atoms with E-state index in [0.29, 0.717) is 6.04 Å². The molecule has 2 rings (SSSR count). The van der Waals surface area contributed by atoms with E-state index in [2.05, 4.69) is 28.4 Å². The largest absolute Gasteiger partial charge is 0.309 e. The molecule has 1 atom stereocenters. The summed E-state index contributed by atoms with van der Waals surface area (Å²) < 4.78 is 1.85. The molecule has 0 amide bonds. The predicted octanol–water partition coefficient (Wildman–Crippen LogP) is 2.47. The Labute approximate surface area is 112 Å². The number of nitrogens with one attached hydrogen (secondary N) is 1. The molecule has 0 aromatic carbocycles. The summed E-state index contributed by atoms with van der Waals surface area (Å²) in [6, 6.07) is 2.40. The first-order valence-electron chi connectivity index (χ1n) is 6.33. The predicted molar refractivity (Wildman–Crippen MR) is 74.8 cm³/mol. The summed E-state index contributed by atoms with van der Waals surface area (Å²) in [5.41, 5.74) is 1.12. The van der Waals surface area contributed by atoms with Crippen molar-refractivity contribution < 1.29 is 0 Å². The highest BCUT2D eigenvalue weighted by Gasteiger charge is 2.15. The van der Waals surface area contributed by atoms with Crippen molar-refractivity contribution in [3.8, 4) is 0 Å². The van der Waals surface area contributed by atoms with Crippen LogP contribution in [0.15, 0.2) is 18.5 Å². The summed E-state index contributed by atoms with van der Waals surface area (Å²) in [4.78, 5) is 5.64. The molecule has 2 aromatic heterocycles. The molecule has 4 nitrogen and oxygen atoms in total. The van der Waals surface area contributed by atoms with Gasteiger partial charge in [0.25, 0.3) is 0 Å². The molecular weight excluding hydrogens is 244 g/mol. The van der Waals surface area contributed by atoms with Gasteiger partial charge in [0.1, 0.15) is 0 Å². The summed E-state index contributed by atoms with van der Waals surface area (Å²) in [6.45, 7) is 5.25. The summed E-state index contributed by atoms with van der Waals surface area (Å²) in [6.07, 6.45) is 6.03. The average molecular weight is 264 g/mol. The molecule has 0 aliphatic heterocycles. The van der Waals surface area contributed by atoms with Gasteiger partial charge in [0.15, 0.2) is 0 Å². The standard InChI is InChI=1S/C13H20N4S/c1-4-6-14-12(13-9-15-10(2)18-13)8-11-5-7-17(3)16-11/h5,7,9,12,14H,4,6,8H2,1-3H3. The fourth-order valence-corrected chi connectivity index (χ4v) is 2.77. The molecule has 98 valence electrons. The van der Waals surface area contributed by atoms with Crippen LogP contribution in [0.5, 0.6) is 0 Å². The van der Waals surface area contributed by atoms with E-state index in [4.69, 9.17) is 0 Å². The highest BCUT2D eigenvalue weighted by molar-refractivity contribution is 7.11. The lowest BCUT2D eigenvalue weighted by Gasteiger charge is -2.15. The number of aryl methyl sites for hydroxylation is 2. The molecule has 1 N–H and O–H groups in total. The maximum atomic E-state index is 4.45. The Morgan fingerprint density at radius 1 is 1.50 bits per heavy atom. The SMILES string of the molecule is CCCNC(Cc1ccn(C)n1)c1cnc(C)s1. The van der Waals surface area contributed by atoms with Crippen molar-refractivity contribution in [1.29, 1.82) is 0 Å². The lowest BCUT2D eigenvalue weighted by Crippen LogP contribution is -2.23. The van der Waals surface area contributed by atoms with Crippen LogP contribution in [0.3, 0.4) is 0 Å². The molecule has 18 heavy (non-hydrogen) atoms. The molecule has 0 aliphatic carbocycles. The van der Waals surface area contributed by atoms with Crippen LogP contribution in [0, 0.1) is 6.92 Å². The van der Waals surface area contributed by atoms with Crippen molar-refractivity contribution in [3.63, 3.8) is 0 Å². The van der Waals surface area contributed by atoms with Crippen LogP contribution in [0.25, 0.3) is 0 Å². The van der Waals surface area contributed by atoms with Gasteiger partial charge in [0.2, 0.25) is 0 Å². The van der Waals surface area contributed by atoms with Crippen LogP contribution in [0.4, 0.5) is 0 Å². The van der Waals surface area contributed by atoms with Crippen LogP contribution in [-0.2, 0) is 13.5 Å². The van der Waals surface area contributed by atoms with E-state index in [1.54, 1.807) is 11.3 Å². The molecule has 2 aromatic rings. The third kappa shape index (κ3) is 3.40. The second kappa shape index (κ2) is 6.11. The van der Waals surface area contributed by atoms with Crippen molar-refractivity contribution >= 4 is 11.3 Å². The van der Waals surface area contributed by atoms with Crippen LogP contribution in [0.1, 0.15) is 35.0 Å². The number of rotatable bonds is 6.